The summed E-state index contributed by atoms with van der Waals surface area (Å²) < 4.78 is 13.2. The van der Waals surface area contributed by atoms with Crippen LogP contribution in [-0.4, -0.2) is 6.54 Å². The molecule has 2 heteroatoms. The maximum absolute atomic E-state index is 13.2. The zero-order chi connectivity index (χ0) is 13.7. The molecule has 1 N–H and O–H groups in total. The first-order chi connectivity index (χ1) is 9.79. The van der Waals surface area contributed by atoms with Crippen LogP contribution in [0.5, 0.6) is 0 Å². The predicted octanol–water partition coefficient (Wildman–Crippen LogP) is 4.16. The van der Waals surface area contributed by atoms with Crippen LogP contribution in [0.25, 0.3) is 0 Å². The summed E-state index contributed by atoms with van der Waals surface area (Å²) in [7, 11) is 0. The second kappa shape index (κ2) is 4.84. The lowest BCUT2D eigenvalue weighted by Gasteiger charge is -2.22. The molecule has 1 aromatic rings. The number of hydrogen-bond acceptors (Lipinski definition) is 1. The van der Waals surface area contributed by atoms with Gasteiger partial charge in [-0.3, -0.25) is 0 Å². The van der Waals surface area contributed by atoms with Crippen molar-refractivity contribution in [1.82, 2.24) is 5.32 Å². The molecule has 0 aliphatic heterocycles. The molecule has 0 spiro atoms. The Morgan fingerprint density at radius 3 is 2.40 bits per heavy atom. The molecule has 0 radical (unpaired) electrons. The molecule has 3 aliphatic carbocycles. The molecule has 0 aromatic heterocycles. The fourth-order valence-corrected chi connectivity index (χ4v) is 5.28. The Bertz CT molecular complexity index is 467. The van der Waals surface area contributed by atoms with Crippen molar-refractivity contribution in [2.45, 2.75) is 38.6 Å². The SMILES string of the molecule is CCCNC(c1ccc(F)cc1)C1C2C3CCC(C3)C21. The highest BCUT2D eigenvalue weighted by Crippen LogP contribution is 2.72. The van der Waals surface area contributed by atoms with Crippen LogP contribution < -0.4 is 5.32 Å². The van der Waals surface area contributed by atoms with E-state index in [1.165, 1.54) is 24.8 Å². The van der Waals surface area contributed by atoms with E-state index >= 15 is 0 Å². The van der Waals surface area contributed by atoms with Gasteiger partial charge in [0.15, 0.2) is 0 Å². The molecule has 5 atom stereocenters. The Kier molecular flexibility index (Phi) is 3.10. The highest BCUT2D eigenvalue weighted by atomic mass is 19.1. The number of nitrogens with one attached hydrogen (secondary N) is 1. The van der Waals surface area contributed by atoms with Gasteiger partial charge < -0.3 is 5.32 Å². The Hall–Kier alpha value is -0.890. The lowest BCUT2D eigenvalue weighted by Crippen LogP contribution is -2.26. The maximum atomic E-state index is 13.2. The lowest BCUT2D eigenvalue weighted by atomic mass is 9.93. The quantitative estimate of drug-likeness (QED) is 0.849. The van der Waals surface area contributed by atoms with E-state index in [0.29, 0.717) is 6.04 Å². The van der Waals surface area contributed by atoms with Crippen molar-refractivity contribution in [2.24, 2.45) is 29.6 Å². The molecule has 108 valence electrons. The fourth-order valence-electron chi connectivity index (χ4n) is 5.28. The molecule has 0 saturated heterocycles. The van der Waals surface area contributed by atoms with Crippen molar-refractivity contribution < 1.29 is 4.39 Å². The molecule has 3 aliphatic rings. The largest absolute Gasteiger partial charge is 0.310 e. The summed E-state index contributed by atoms with van der Waals surface area (Å²) in [5.74, 6) is 4.63. The molecule has 0 heterocycles. The summed E-state index contributed by atoms with van der Waals surface area (Å²) >= 11 is 0. The molecule has 0 amide bonds. The van der Waals surface area contributed by atoms with E-state index in [9.17, 15) is 4.39 Å². The van der Waals surface area contributed by atoms with E-state index in [1.807, 2.05) is 12.1 Å². The Balaban J connectivity index is 1.56. The molecule has 1 nitrogen and oxygen atoms in total. The van der Waals surface area contributed by atoms with Gasteiger partial charge in [0, 0.05) is 6.04 Å². The molecule has 1 aromatic carbocycles. The third-order valence-corrected chi connectivity index (χ3v) is 6.02. The zero-order valence-electron chi connectivity index (χ0n) is 12.2. The van der Waals surface area contributed by atoms with Crippen LogP contribution in [-0.2, 0) is 0 Å². The van der Waals surface area contributed by atoms with E-state index in [-0.39, 0.29) is 5.82 Å². The molecular formula is C18H24FN. The van der Waals surface area contributed by atoms with Crippen molar-refractivity contribution in [3.63, 3.8) is 0 Å². The van der Waals surface area contributed by atoms with Crippen LogP contribution in [0.3, 0.4) is 0 Å². The smallest absolute Gasteiger partial charge is 0.123 e. The van der Waals surface area contributed by atoms with Crippen LogP contribution >= 0.6 is 0 Å². The van der Waals surface area contributed by atoms with Crippen LogP contribution in [0.15, 0.2) is 24.3 Å². The zero-order valence-corrected chi connectivity index (χ0v) is 12.2. The van der Waals surface area contributed by atoms with Gasteiger partial charge in [0.05, 0.1) is 0 Å². The van der Waals surface area contributed by atoms with Gasteiger partial charge in [-0.1, -0.05) is 19.1 Å². The minimum atomic E-state index is -0.126. The topological polar surface area (TPSA) is 12.0 Å². The molecular weight excluding hydrogens is 249 g/mol. The molecule has 5 unspecified atom stereocenters. The Morgan fingerprint density at radius 1 is 1.15 bits per heavy atom. The summed E-state index contributed by atoms with van der Waals surface area (Å²) in [5, 5.41) is 3.74. The second-order valence-corrected chi connectivity index (χ2v) is 7.05. The number of benzene rings is 1. The standard InChI is InChI=1S/C18H24FN/c1-2-9-20-18(11-5-7-14(19)8-6-11)17-15-12-3-4-13(10-12)16(15)17/h5-8,12-13,15-18,20H,2-4,9-10H2,1H3. The summed E-state index contributed by atoms with van der Waals surface area (Å²) in [5.41, 5.74) is 1.29. The van der Waals surface area contributed by atoms with Gasteiger partial charge in [-0.05, 0) is 79.5 Å². The van der Waals surface area contributed by atoms with Crippen molar-refractivity contribution >= 4 is 0 Å². The number of rotatable bonds is 5. The lowest BCUT2D eigenvalue weighted by molar-refractivity contribution is 0.370. The first-order valence-corrected chi connectivity index (χ1v) is 8.28. The van der Waals surface area contributed by atoms with Crippen LogP contribution in [0.2, 0.25) is 0 Å². The summed E-state index contributed by atoms with van der Waals surface area (Å²) in [6.45, 7) is 3.28. The van der Waals surface area contributed by atoms with E-state index < -0.39 is 0 Å². The summed E-state index contributed by atoms with van der Waals surface area (Å²) in [6, 6.07) is 7.65. The van der Waals surface area contributed by atoms with Gasteiger partial charge in [0.2, 0.25) is 0 Å². The van der Waals surface area contributed by atoms with Crippen molar-refractivity contribution in [3.8, 4) is 0 Å². The highest BCUT2D eigenvalue weighted by molar-refractivity contribution is 5.26. The number of hydrogen-bond donors (Lipinski definition) is 1. The predicted molar refractivity (Wildman–Crippen MR) is 78.7 cm³/mol. The highest BCUT2D eigenvalue weighted by Gasteiger charge is 2.66. The van der Waals surface area contributed by atoms with Gasteiger partial charge in [-0.25, -0.2) is 4.39 Å². The minimum Gasteiger partial charge on any atom is -0.310 e. The van der Waals surface area contributed by atoms with Crippen LogP contribution in [0.4, 0.5) is 4.39 Å². The fraction of sp³-hybridized carbons (Fsp3) is 0.667. The van der Waals surface area contributed by atoms with Gasteiger partial charge in [-0.2, -0.15) is 0 Å². The number of fused-ring (bicyclic) bond motifs is 5. The van der Waals surface area contributed by atoms with Gasteiger partial charge in [0.1, 0.15) is 5.82 Å². The Labute approximate surface area is 121 Å². The van der Waals surface area contributed by atoms with Crippen LogP contribution in [0.1, 0.15) is 44.2 Å². The van der Waals surface area contributed by atoms with E-state index in [0.717, 1.165) is 42.6 Å². The van der Waals surface area contributed by atoms with Crippen molar-refractivity contribution in [1.29, 1.82) is 0 Å². The number of halogens is 1. The summed E-state index contributed by atoms with van der Waals surface area (Å²) in [4.78, 5) is 0. The molecule has 4 rings (SSSR count). The average molecular weight is 273 g/mol. The van der Waals surface area contributed by atoms with Crippen molar-refractivity contribution in [2.75, 3.05) is 6.54 Å². The van der Waals surface area contributed by atoms with Gasteiger partial charge in [-0.15, -0.1) is 0 Å². The monoisotopic (exact) mass is 273 g/mol. The maximum Gasteiger partial charge on any atom is 0.123 e. The molecule has 3 fully saturated rings. The van der Waals surface area contributed by atoms with E-state index in [4.69, 9.17) is 0 Å². The first kappa shape index (κ1) is 12.8. The van der Waals surface area contributed by atoms with Crippen molar-refractivity contribution in [3.05, 3.63) is 35.6 Å². The molecule has 3 saturated carbocycles. The average Bonchev–Trinajstić information content (AvgIpc) is 2.88. The normalized spacial score (nSPS) is 38.8. The van der Waals surface area contributed by atoms with Gasteiger partial charge >= 0.3 is 0 Å². The summed E-state index contributed by atoms with van der Waals surface area (Å²) in [6.07, 6.45) is 5.58. The Morgan fingerprint density at radius 2 is 1.80 bits per heavy atom. The minimum absolute atomic E-state index is 0.126. The third kappa shape index (κ3) is 1.92. The third-order valence-electron chi connectivity index (χ3n) is 6.02. The second-order valence-electron chi connectivity index (χ2n) is 7.05. The first-order valence-electron chi connectivity index (χ1n) is 8.28. The molecule has 20 heavy (non-hydrogen) atoms. The van der Waals surface area contributed by atoms with E-state index in [2.05, 4.69) is 12.2 Å². The van der Waals surface area contributed by atoms with Gasteiger partial charge in [0.25, 0.3) is 0 Å². The van der Waals surface area contributed by atoms with Crippen LogP contribution in [0, 0.1) is 35.4 Å². The van der Waals surface area contributed by atoms with E-state index in [1.54, 1.807) is 12.1 Å². The molecule has 2 bridgehead atoms.